The number of halogens is 1. The van der Waals surface area contributed by atoms with Gasteiger partial charge in [0.1, 0.15) is 5.69 Å². The van der Waals surface area contributed by atoms with Crippen molar-refractivity contribution < 1.29 is 23.4 Å². The summed E-state index contributed by atoms with van der Waals surface area (Å²) in [4.78, 5) is 13.2. The molecule has 6 nitrogen and oxygen atoms in total. The lowest BCUT2D eigenvalue weighted by Crippen LogP contribution is -2.48. The van der Waals surface area contributed by atoms with Crippen molar-refractivity contribution in [2.24, 2.45) is 0 Å². The predicted octanol–water partition coefficient (Wildman–Crippen LogP) is 3.58. The van der Waals surface area contributed by atoms with E-state index in [-0.39, 0.29) is 31.6 Å². The molecule has 0 aliphatic heterocycles. The highest BCUT2D eigenvalue weighted by molar-refractivity contribution is 5.99. The number of carbonyl (C=O) groups is 1. The molecule has 142 valence electrons. The van der Waals surface area contributed by atoms with Crippen LogP contribution in [0.5, 0.6) is 0 Å². The van der Waals surface area contributed by atoms with Gasteiger partial charge in [0, 0.05) is 6.07 Å². The summed E-state index contributed by atoms with van der Waals surface area (Å²) < 4.78 is 31.9. The van der Waals surface area contributed by atoms with Crippen LogP contribution in [0.4, 0.5) is 4.39 Å². The lowest BCUT2D eigenvalue weighted by molar-refractivity contribution is -0.339. The second-order valence-electron chi connectivity index (χ2n) is 5.57. The van der Waals surface area contributed by atoms with Crippen LogP contribution in [0.3, 0.4) is 0 Å². The summed E-state index contributed by atoms with van der Waals surface area (Å²) >= 11 is 0. The highest BCUT2D eigenvalue weighted by Crippen LogP contribution is 2.26. The number of ketones is 1. The van der Waals surface area contributed by atoms with Gasteiger partial charge >= 0.3 is 5.97 Å². The number of benzene rings is 1. The Morgan fingerprint density at radius 2 is 1.65 bits per heavy atom. The Labute approximate surface area is 152 Å². The number of nitrogens with zero attached hydrogens (tertiary/aromatic N) is 2. The fourth-order valence-corrected chi connectivity index (χ4v) is 2.75. The molecule has 0 spiro atoms. The first-order valence-electron chi connectivity index (χ1n) is 8.75. The lowest BCUT2D eigenvalue weighted by atomic mass is 10.1. The molecular weight excluding hydrogens is 339 g/mol. The van der Waals surface area contributed by atoms with Crippen LogP contribution in [0.2, 0.25) is 0 Å². The molecule has 0 N–H and O–H groups in total. The minimum absolute atomic E-state index is 0.0224. The number of carbonyl (C=O) groups excluding carboxylic acids is 1. The fraction of sp³-hybridized carbons (Fsp3) is 0.474. The zero-order chi connectivity index (χ0) is 19.2. The topological polar surface area (TPSA) is 62.6 Å². The van der Waals surface area contributed by atoms with E-state index in [4.69, 9.17) is 14.2 Å². The Morgan fingerprint density at radius 3 is 2.15 bits per heavy atom. The molecule has 0 radical (unpaired) electrons. The van der Waals surface area contributed by atoms with Crippen molar-refractivity contribution in [2.45, 2.75) is 39.7 Å². The molecule has 1 atom stereocenters. The molecule has 0 fully saturated rings. The van der Waals surface area contributed by atoms with Gasteiger partial charge in [0.2, 0.25) is 5.95 Å². The molecule has 1 heterocycles. The molecule has 26 heavy (non-hydrogen) atoms. The minimum Gasteiger partial charge on any atom is -0.321 e. The number of aromatic nitrogens is 2. The van der Waals surface area contributed by atoms with Crippen LogP contribution in [0, 0.1) is 5.95 Å². The van der Waals surface area contributed by atoms with Crippen LogP contribution in [-0.2, 0) is 14.2 Å². The molecule has 0 aliphatic rings. The lowest BCUT2D eigenvalue weighted by Gasteiger charge is -2.31. The maximum Gasteiger partial charge on any atom is 0.353 e. The largest absolute Gasteiger partial charge is 0.353 e. The van der Waals surface area contributed by atoms with E-state index in [9.17, 15) is 9.18 Å². The van der Waals surface area contributed by atoms with Gasteiger partial charge < -0.3 is 14.2 Å². The zero-order valence-electron chi connectivity index (χ0n) is 15.6. The molecule has 0 bridgehead atoms. The third kappa shape index (κ3) is 4.17. The van der Waals surface area contributed by atoms with Crippen LogP contribution in [0.1, 0.15) is 49.8 Å². The summed E-state index contributed by atoms with van der Waals surface area (Å²) in [5.41, 5.74) is 0.911. The van der Waals surface area contributed by atoms with Gasteiger partial charge in [0.15, 0.2) is 0 Å². The summed E-state index contributed by atoms with van der Waals surface area (Å²) in [6.07, 6.45) is 0. The quantitative estimate of drug-likeness (QED) is 0.476. The van der Waals surface area contributed by atoms with Crippen molar-refractivity contribution in [2.75, 3.05) is 19.8 Å². The van der Waals surface area contributed by atoms with E-state index in [2.05, 4.69) is 5.10 Å². The monoisotopic (exact) mass is 364 g/mol. The van der Waals surface area contributed by atoms with E-state index in [0.29, 0.717) is 0 Å². The minimum atomic E-state index is -1.92. The first kappa shape index (κ1) is 20.2. The number of rotatable bonds is 10. The van der Waals surface area contributed by atoms with Crippen LogP contribution in [0.15, 0.2) is 36.4 Å². The third-order valence-corrected chi connectivity index (χ3v) is 3.87. The Hall–Kier alpha value is -2.09. The van der Waals surface area contributed by atoms with Gasteiger partial charge in [-0.1, -0.05) is 30.3 Å². The van der Waals surface area contributed by atoms with Gasteiger partial charge in [-0.25, -0.2) is 0 Å². The first-order chi connectivity index (χ1) is 12.5. The van der Waals surface area contributed by atoms with Crippen molar-refractivity contribution >= 4 is 5.78 Å². The molecule has 0 amide bonds. The van der Waals surface area contributed by atoms with E-state index in [1.165, 1.54) is 4.68 Å². The number of ether oxygens (including phenoxy) is 3. The van der Waals surface area contributed by atoms with Crippen LogP contribution in [-0.4, -0.2) is 41.4 Å². The van der Waals surface area contributed by atoms with Gasteiger partial charge in [-0.2, -0.15) is 4.39 Å². The van der Waals surface area contributed by atoms with Crippen LogP contribution in [0.25, 0.3) is 0 Å². The SMILES string of the molecule is CCOC(OCC)(OCC)C(=O)c1cc(F)nn1[C@H](C)c1ccccc1. The highest BCUT2D eigenvalue weighted by Gasteiger charge is 2.45. The molecular formula is C19H25FN2O4. The Balaban J connectivity index is 2.47. The normalized spacial score (nSPS) is 13.0. The molecule has 2 aromatic rings. The summed E-state index contributed by atoms with van der Waals surface area (Å²) in [7, 11) is 0. The van der Waals surface area contributed by atoms with Crippen LogP contribution < -0.4 is 0 Å². The molecule has 1 aromatic heterocycles. The maximum atomic E-state index is 14.0. The molecule has 1 aromatic carbocycles. The smallest absolute Gasteiger partial charge is 0.321 e. The highest BCUT2D eigenvalue weighted by atomic mass is 19.1. The van der Waals surface area contributed by atoms with Crippen molar-refractivity contribution in [3.8, 4) is 0 Å². The second-order valence-corrected chi connectivity index (χ2v) is 5.57. The number of Topliss-reactive ketones (excluding diaryl/α,β-unsaturated/α-hetero) is 1. The van der Waals surface area contributed by atoms with Gasteiger partial charge in [-0.3, -0.25) is 9.48 Å². The van der Waals surface area contributed by atoms with E-state index >= 15 is 0 Å². The molecule has 2 rings (SSSR count). The Bertz CT molecular complexity index is 701. The zero-order valence-corrected chi connectivity index (χ0v) is 15.6. The summed E-state index contributed by atoms with van der Waals surface area (Å²) in [5.74, 6) is -3.30. The molecule has 0 unspecified atom stereocenters. The van der Waals surface area contributed by atoms with E-state index in [1.807, 2.05) is 37.3 Å². The van der Waals surface area contributed by atoms with E-state index in [0.717, 1.165) is 11.6 Å². The van der Waals surface area contributed by atoms with Crippen LogP contribution >= 0.6 is 0 Å². The van der Waals surface area contributed by atoms with E-state index < -0.39 is 17.7 Å². The number of hydrogen-bond acceptors (Lipinski definition) is 5. The standard InChI is InChI=1S/C19H25FN2O4/c1-5-24-19(25-6-2,26-7-3)18(23)16-13-17(20)21-22(16)14(4)15-11-9-8-10-12-15/h8-14H,5-7H2,1-4H3/t14-/m1/s1. The predicted molar refractivity (Wildman–Crippen MR) is 94.4 cm³/mol. The average molecular weight is 364 g/mol. The van der Waals surface area contributed by atoms with E-state index in [1.54, 1.807) is 20.8 Å². The van der Waals surface area contributed by atoms with Crippen molar-refractivity contribution in [1.82, 2.24) is 9.78 Å². The van der Waals surface area contributed by atoms with Crippen molar-refractivity contribution in [3.63, 3.8) is 0 Å². The first-order valence-corrected chi connectivity index (χ1v) is 8.75. The third-order valence-electron chi connectivity index (χ3n) is 3.87. The van der Waals surface area contributed by atoms with Gasteiger partial charge in [-0.05, 0) is 33.3 Å². The second kappa shape index (κ2) is 9.02. The average Bonchev–Trinajstić information content (AvgIpc) is 3.03. The van der Waals surface area contributed by atoms with Gasteiger partial charge in [0.25, 0.3) is 5.78 Å². The fourth-order valence-electron chi connectivity index (χ4n) is 2.75. The van der Waals surface area contributed by atoms with Gasteiger partial charge in [-0.15, -0.1) is 5.10 Å². The summed E-state index contributed by atoms with van der Waals surface area (Å²) in [6.45, 7) is 7.59. The molecule has 7 heteroatoms. The molecule has 0 saturated carbocycles. The Kier molecular flexibility index (Phi) is 7.02. The molecule has 0 aliphatic carbocycles. The summed E-state index contributed by atoms with van der Waals surface area (Å²) in [6, 6.07) is 10.1. The summed E-state index contributed by atoms with van der Waals surface area (Å²) in [5, 5.41) is 3.86. The molecule has 0 saturated heterocycles. The Morgan fingerprint density at radius 1 is 1.12 bits per heavy atom. The van der Waals surface area contributed by atoms with Crippen molar-refractivity contribution in [1.29, 1.82) is 0 Å². The number of hydrogen-bond donors (Lipinski definition) is 0. The van der Waals surface area contributed by atoms with Crippen molar-refractivity contribution in [3.05, 3.63) is 53.6 Å². The van der Waals surface area contributed by atoms with Gasteiger partial charge in [0.05, 0.1) is 25.9 Å². The maximum absolute atomic E-state index is 14.0.